The second-order valence-corrected chi connectivity index (χ2v) is 1.37. The number of hydrogen-bond acceptors (Lipinski definition) is 2. The van der Waals surface area contributed by atoms with E-state index < -0.39 is 5.91 Å². The van der Waals surface area contributed by atoms with Gasteiger partial charge in [-0.2, -0.15) is 0 Å². The Morgan fingerprint density at radius 1 is 1.56 bits per heavy atom. The highest BCUT2D eigenvalue weighted by molar-refractivity contribution is 5.85. The van der Waals surface area contributed by atoms with Gasteiger partial charge in [0.25, 0.3) is 0 Å². The zero-order valence-electron chi connectivity index (χ0n) is 4.95. The van der Waals surface area contributed by atoms with Crippen LogP contribution in [-0.2, 0) is 4.79 Å². The first-order valence-electron chi connectivity index (χ1n) is 2.51. The standard InChI is InChI=1S/C6H9NO2/c7-6(9)4-2-1-3-5-8/h1-4,8H,5H2,(H2,7,9)/b3-1-,4-2+. The Morgan fingerprint density at radius 3 is 2.67 bits per heavy atom. The Morgan fingerprint density at radius 2 is 2.22 bits per heavy atom. The van der Waals surface area contributed by atoms with E-state index in [1.54, 1.807) is 6.08 Å². The molecule has 50 valence electrons. The van der Waals surface area contributed by atoms with Gasteiger partial charge < -0.3 is 10.8 Å². The summed E-state index contributed by atoms with van der Waals surface area (Å²) < 4.78 is 0. The number of nitrogens with two attached hydrogens (primary N) is 1. The lowest BCUT2D eigenvalue weighted by molar-refractivity contribution is -0.113. The van der Waals surface area contributed by atoms with Gasteiger partial charge in [-0.15, -0.1) is 0 Å². The number of allylic oxidation sites excluding steroid dienone is 2. The van der Waals surface area contributed by atoms with Gasteiger partial charge in [-0.05, 0) is 0 Å². The molecule has 0 aliphatic heterocycles. The molecule has 0 aromatic rings. The number of carbonyl (C=O) groups excluding carboxylic acids is 1. The lowest BCUT2D eigenvalue weighted by Crippen LogP contribution is -2.04. The average Bonchev–Trinajstić information content (AvgIpc) is 1.80. The fourth-order valence-corrected chi connectivity index (χ4v) is 0.290. The fraction of sp³-hybridized carbons (Fsp3) is 0.167. The van der Waals surface area contributed by atoms with Gasteiger partial charge in [-0.3, -0.25) is 4.79 Å². The summed E-state index contributed by atoms with van der Waals surface area (Å²) in [4.78, 5) is 10.0. The quantitative estimate of drug-likeness (QED) is 0.399. The number of aliphatic hydroxyl groups is 1. The molecule has 0 radical (unpaired) electrons. The minimum atomic E-state index is -0.488. The van der Waals surface area contributed by atoms with E-state index >= 15 is 0 Å². The molecular formula is C6H9NO2. The molecule has 0 bridgehead atoms. The van der Waals surface area contributed by atoms with E-state index in [-0.39, 0.29) is 6.61 Å². The normalized spacial score (nSPS) is 11.2. The van der Waals surface area contributed by atoms with Crippen molar-refractivity contribution in [3.05, 3.63) is 24.3 Å². The maximum absolute atomic E-state index is 10.0. The van der Waals surface area contributed by atoms with Crippen LogP contribution < -0.4 is 5.73 Å². The number of hydrogen-bond donors (Lipinski definition) is 2. The molecule has 3 heteroatoms. The molecule has 0 heterocycles. The predicted molar refractivity (Wildman–Crippen MR) is 34.6 cm³/mol. The molecule has 0 rings (SSSR count). The highest BCUT2D eigenvalue weighted by Gasteiger charge is 1.75. The molecule has 1 amide bonds. The summed E-state index contributed by atoms with van der Waals surface area (Å²) in [5, 5.41) is 8.19. The highest BCUT2D eigenvalue weighted by atomic mass is 16.2. The van der Waals surface area contributed by atoms with Crippen molar-refractivity contribution >= 4 is 5.91 Å². The summed E-state index contributed by atoms with van der Waals surface area (Å²) in [7, 11) is 0. The van der Waals surface area contributed by atoms with Crippen molar-refractivity contribution in [2.75, 3.05) is 6.61 Å². The van der Waals surface area contributed by atoms with E-state index in [2.05, 4.69) is 0 Å². The Labute approximate surface area is 53.5 Å². The van der Waals surface area contributed by atoms with Gasteiger partial charge in [0.05, 0.1) is 6.61 Å². The van der Waals surface area contributed by atoms with E-state index in [1.807, 2.05) is 0 Å². The molecule has 0 aliphatic carbocycles. The molecule has 9 heavy (non-hydrogen) atoms. The van der Waals surface area contributed by atoms with Crippen molar-refractivity contribution in [3.8, 4) is 0 Å². The van der Waals surface area contributed by atoms with Crippen molar-refractivity contribution in [3.63, 3.8) is 0 Å². The number of carbonyl (C=O) groups is 1. The largest absolute Gasteiger partial charge is 0.392 e. The van der Waals surface area contributed by atoms with Crippen LogP contribution in [0.5, 0.6) is 0 Å². The van der Waals surface area contributed by atoms with Crippen LogP contribution in [0.15, 0.2) is 24.3 Å². The zero-order valence-corrected chi connectivity index (χ0v) is 4.95. The summed E-state index contributed by atoms with van der Waals surface area (Å²) in [5.74, 6) is -0.488. The van der Waals surface area contributed by atoms with E-state index in [0.29, 0.717) is 0 Å². The van der Waals surface area contributed by atoms with Gasteiger partial charge in [0.2, 0.25) is 5.91 Å². The third-order valence-corrected chi connectivity index (χ3v) is 0.613. The molecule has 0 saturated heterocycles. The van der Waals surface area contributed by atoms with Crippen molar-refractivity contribution < 1.29 is 9.90 Å². The number of rotatable bonds is 3. The maximum atomic E-state index is 10.0. The first-order chi connectivity index (χ1) is 4.27. The summed E-state index contributed by atoms with van der Waals surface area (Å²) in [6.45, 7) is -0.0247. The van der Waals surface area contributed by atoms with E-state index in [0.717, 1.165) is 0 Å². The first-order valence-corrected chi connectivity index (χ1v) is 2.51. The smallest absolute Gasteiger partial charge is 0.241 e. The second kappa shape index (κ2) is 5.05. The van der Waals surface area contributed by atoms with Gasteiger partial charge in [-0.25, -0.2) is 0 Å². The molecule has 0 saturated carbocycles. The first kappa shape index (κ1) is 7.91. The molecule has 0 atom stereocenters. The molecule has 0 aromatic carbocycles. The minimum Gasteiger partial charge on any atom is -0.392 e. The average molecular weight is 127 g/mol. The van der Waals surface area contributed by atoms with E-state index in [9.17, 15) is 4.79 Å². The Hall–Kier alpha value is -1.09. The summed E-state index contributed by atoms with van der Waals surface area (Å²) in [6.07, 6.45) is 5.73. The topological polar surface area (TPSA) is 63.3 Å². The fourth-order valence-electron chi connectivity index (χ4n) is 0.290. The third kappa shape index (κ3) is 6.91. The molecule has 0 aliphatic rings. The molecule has 0 spiro atoms. The second-order valence-electron chi connectivity index (χ2n) is 1.37. The van der Waals surface area contributed by atoms with Gasteiger partial charge in [0.1, 0.15) is 0 Å². The minimum absolute atomic E-state index is 0.0247. The van der Waals surface area contributed by atoms with Crippen molar-refractivity contribution in [1.29, 1.82) is 0 Å². The van der Waals surface area contributed by atoms with Crippen LogP contribution in [0.25, 0.3) is 0 Å². The molecule has 0 unspecified atom stereocenters. The predicted octanol–water partition coefficient (Wildman–Crippen LogP) is -0.424. The van der Waals surface area contributed by atoms with E-state index in [1.165, 1.54) is 18.2 Å². The van der Waals surface area contributed by atoms with E-state index in [4.69, 9.17) is 10.8 Å². The van der Waals surface area contributed by atoms with Crippen molar-refractivity contribution in [2.24, 2.45) is 5.73 Å². The highest BCUT2D eigenvalue weighted by Crippen LogP contribution is 1.74. The monoisotopic (exact) mass is 127 g/mol. The molecular weight excluding hydrogens is 118 g/mol. The molecule has 0 aromatic heterocycles. The zero-order chi connectivity index (χ0) is 7.11. The van der Waals surface area contributed by atoms with Crippen LogP contribution >= 0.6 is 0 Å². The molecule has 3 N–H and O–H groups in total. The Bertz CT molecular complexity index is 138. The van der Waals surface area contributed by atoms with Gasteiger partial charge >= 0.3 is 0 Å². The lowest BCUT2D eigenvalue weighted by atomic mass is 10.4. The van der Waals surface area contributed by atoms with Crippen LogP contribution in [0, 0.1) is 0 Å². The Balaban J connectivity index is 3.47. The van der Waals surface area contributed by atoms with Gasteiger partial charge in [0.15, 0.2) is 0 Å². The van der Waals surface area contributed by atoms with Gasteiger partial charge in [-0.1, -0.05) is 18.2 Å². The number of primary amides is 1. The van der Waals surface area contributed by atoms with Gasteiger partial charge in [0, 0.05) is 6.08 Å². The van der Waals surface area contributed by atoms with Crippen LogP contribution in [0.4, 0.5) is 0 Å². The molecule has 3 nitrogen and oxygen atoms in total. The summed E-state index contributed by atoms with van der Waals surface area (Å²) in [6, 6.07) is 0. The van der Waals surface area contributed by atoms with Crippen LogP contribution in [0.2, 0.25) is 0 Å². The lowest BCUT2D eigenvalue weighted by Gasteiger charge is -1.75. The van der Waals surface area contributed by atoms with Crippen molar-refractivity contribution in [1.82, 2.24) is 0 Å². The maximum Gasteiger partial charge on any atom is 0.241 e. The Kier molecular flexibility index (Phi) is 4.44. The summed E-state index contributed by atoms with van der Waals surface area (Å²) >= 11 is 0. The van der Waals surface area contributed by atoms with Crippen molar-refractivity contribution in [2.45, 2.75) is 0 Å². The third-order valence-electron chi connectivity index (χ3n) is 0.613. The molecule has 0 fully saturated rings. The SMILES string of the molecule is NC(=O)/C=C/C=C\CO. The summed E-state index contributed by atoms with van der Waals surface area (Å²) in [5.41, 5.74) is 4.75. The number of aliphatic hydroxyl groups excluding tert-OH is 1. The van der Waals surface area contributed by atoms with Crippen LogP contribution in [-0.4, -0.2) is 17.6 Å². The number of amides is 1. The van der Waals surface area contributed by atoms with Crippen LogP contribution in [0.1, 0.15) is 0 Å². The van der Waals surface area contributed by atoms with Crippen LogP contribution in [0.3, 0.4) is 0 Å².